The van der Waals surface area contributed by atoms with Gasteiger partial charge in [-0.2, -0.15) is 0 Å². The van der Waals surface area contributed by atoms with Gasteiger partial charge < -0.3 is 10.1 Å². The predicted octanol–water partition coefficient (Wildman–Crippen LogP) is 1.76. The highest BCUT2D eigenvalue weighted by atomic mass is 16.5. The fraction of sp³-hybridized carbons (Fsp3) is 0.250. The number of benzene rings is 1. The van der Waals surface area contributed by atoms with Crippen LogP contribution in [0.5, 0.6) is 5.75 Å². The molecule has 0 spiro atoms. The van der Waals surface area contributed by atoms with Crippen LogP contribution in [0.3, 0.4) is 0 Å². The van der Waals surface area contributed by atoms with Crippen LogP contribution in [0.15, 0.2) is 43.0 Å². The number of rotatable bonds is 5. The average molecular weight is 205 g/mol. The summed E-state index contributed by atoms with van der Waals surface area (Å²) in [5.41, 5.74) is 0. The summed E-state index contributed by atoms with van der Waals surface area (Å²) in [5, 5.41) is 2.67. The van der Waals surface area contributed by atoms with Crippen molar-refractivity contribution in [1.82, 2.24) is 5.32 Å². The molecule has 1 amide bonds. The number of para-hydroxylation sites is 1. The molecular weight excluding hydrogens is 190 g/mol. The SMILES string of the molecule is C=CCNC(=O)C(C)Oc1ccccc1. The van der Waals surface area contributed by atoms with Crippen molar-refractivity contribution in [2.75, 3.05) is 6.54 Å². The van der Waals surface area contributed by atoms with Crippen LogP contribution in [0.25, 0.3) is 0 Å². The Morgan fingerprint density at radius 3 is 2.80 bits per heavy atom. The molecule has 1 atom stereocenters. The van der Waals surface area contributed by atoms with Gasteiger partial charge in [-0.3, -0.25) is 4.79 Å². The van der Waals surface area contributed by atoms with Gasteiger partial charge in [-0.15, -0.1) is 6.58 Å². The Kier molecular flexibility index (Phi) is 4.41. The van der Waals surface area contributed by atoms with Crippen molar-refractivity contribution in [3.05, 3.63) is 43.0 Å². The Labute approximate surface area is 89.8 Å². The standard InChI is InChI=1S/C12H15NO2/c1-3-9-13-12(14)10(2)15-11-7-5-4-6-8-11/h3-8,10H,1,9H2,2H3,(H,13,14). The molecule has 0 radical (unpaired) electrons. The smallest absolute Gasteiger partial charge is 0.261 e. The maximum absolute atomic E-state index is 11.4. The molecule has 0 aliphatic rings. The minimum Gasteiger partial charge on any atom is -0.481 e. The number of carbonyl (C=O) groups excluding carboxylic acids is 1. The van der Waals surface area contributed by atoms with Gasteiger partial charge in [0.1, 0.15) is 5.75 Å². The van der Waals surface area contributed by atoms with Crippen LogP contribution in [-0.4, -0.2) is 18.6 Å². The van der Waals surface area contributed by atoms with Gasteiger partial charge in [0.05, 0.1) is 0 Å². The maximum atomic E-state index is 11.4. The predicted molar refractivity (Wildman–Crippen MR) is 59.7 cm³/mol. The topological polar surface area (TPSA) is 38.3 Å². The summed E-state index contributed by atoms with van der Waals surface area (Å²) in [5.74, 6) is 0.553. The Balaban J connectivity index is 2.45. The molecule has 0 aliphatic heterocycles. The second kappa shape index (κ2) is 5.86. The molecule has 0 heterocycles. The minimum absolute atomic E-state index is 0.140. The van der Waals surface area contributed by atoms with Crippen molar-refractivity contribution in [3.8, 4) is 5.75 Å². The Bertz CT molecular complexity index is 322. The van der Waals surface area contributed by atoms with Crippen molar-refractivity contribution in [3.63, 3.8) is 0 Å². The largest absolute Gasteiger partial charge is 0.481 e. The zero-order chi connectivity index (χ0) is 11.1. The van der Waals surface area contributed by atoms with Gasteiger partial charge in [0, 0.05) is 6.54 Å². The van der Waals surface area contributed by atoms with Gasteiger partial charge in [-0.25, -0.2) is 0 Å². The molecule has 0 saturated carbocycles. The number of ether oxygens (including phenoxy) is 1. The van der Waals surface area contributed by atoms with Crippen molar-refractivity contribution < 1.29 is 9.53 Å². The molecule has 15 heavy (non-hydrogen) atoms. The van der Waals surface area contributed by atoms with Crippen molar-refractivity contribution in [2.24, 2.45) is 0 Å². The fourth-order valence-electron chi connectivity index (χ4n) is 1.07. The number of nitrogens with one attached hydrogen (secondary N) is 1. The molecule has 80 valence electrons. The summed E-state index contributed by atoms with van der Waals surface area (Å²) in [4.78, 5) is 11.4. The van der Waals surface area contributed by atoms with Gasteiger partial charge >= 0.3 is 0 Å². The highest BCUT2D eigenvalue weighted by Gasteiger charge is 2.12. The van der Waals surface area contributed by atoms with Crippen LogP contribution in [-0.2, 0) is 4.79 Å². The summed E-state index contributed by atoms with van der Waals surface area (Å²) < 4.78 is 5.43. The molecule has 3 nitrogen and oxygen atoms in total. The molecule has 1 aromatic carbocycles. The summed E-state index contributed by atoms with van der Waals surface area (Å²) >= 11 is 0. The van der Waals surface area contributed by atoms with Gasteiger partial charge in [0.15, 0.2) is 6.10 Å². The molecule has 1 unspecified atom stereocenters. The molecule has 0 bridgehead atoms. The molecule has 0 aliphatic carbocycles. The lowest BCUT2D eigenvalue weighted by Gasteiger charge is -2.13. The molecule has 1 N–H and O–H groups in total. The average Bonchev–Trinajstić information content (AvgIpc) is 2.27. The minimum atomic E-state index is -0.493. The van der Waals surface area contributed by atoms with E-state index in [1.54, 1.807) is 13.0 Å². The Hall–Kier alpha value is -1.77. The Morgan fingerprint density at radius 2 is 2.20 bits per heavy atom. The highest BCUT2D eigenvalue weighted by molar-refractivity contribution is 5.80. The van der Waals surface area contributed by atoms with Crippen LogP contribution in [0, 0.1) is 0 Å². The highest BCUT2D eigenvalue weighted by Crippen LogP contribution is 2.10. The van der Waals surface area contributed by atoms with Crippen LogP contribution in [0.1, 0.15) is 6.92 Å². The van der Waals surface area contributed by atoms with E-state index in [0.29, 0.717) is 12.3 Å². The van der Waals surface area contributed by atoms with E-state index in [-0.39, 0.29) is 5.91 Å². The molecule has 0 aromatic heterocycles. The van der Waals surface area contributed by atoms with Crippen LogP contribution < -0.4 is 10.1 Å². The quantitative estimate of drug-likeness (QED) is 0.744. The summed E-state index contributed by atoms with van der Waals surface area (Å²) in [6, 6.07) is 9.26. The molecule has 1 aromatic rings. The maximum Gasteiger partial charge on any atom is 0.261 e. The number of carbonyl (C=O) groups is 1. The third-order valence-corrected chi connectivity index (χ3v) is 1.85. The van der Waals surface area contributed by atoms with Gasteiger partial charge in [-0.05, 0) is 19.1 Å². The lowest BCUT2D eigenvalue weighted by molar-refractivity contribution is -0.127. The van der Waals surface area contributed by atoms with Crippen LogP contribution in [0.2, 0.25) is 0 Å². The van der Waals surface area contributed by atoms with Crippen molar-refractivity contribution in [1.29, 1.82) is 0 Å². The zero-order valence-electron chi connectivity index (χ0n) is 8.77. The first-order chi connectivity index (χ1) is 7.24. The van der Waals surface area contributed by atoms with E-state index in [0.717, 1.165) is 0 Å². The fourth-order valence-corrected chi connectivity index (χ4v) is 1.07. The molecule has 3 heteroatoms. The first-order valence-corrected chi connectivity index (χ1v) is 4.84. The van der Waals surface area contributed by atoms with E-state index in [4.69, 9.17) is 4.74 Å². The molecule has 0 fully saturated rings. The van der Waals surface area contributed by atoms with E-state index in [2.05, 4.69) is 11.9 Å². The van der Waals surface area contributed by atoms with Gasteiger partial charge in [-0.1, -0.05) is 24.3 Å². The zero-order valence-corrected chi connectivity index (χ0v) is 8.77. The normalized spacial score (nSPS) is 11.5. The second-order valence-electron chi connectivity index (χ2n) is 3.11. The Morgan fingerprint density at radius 1 is 1.53 bits per heavy atom. The van der Waals surface area contributed by atoms with Gasteiger partial charge in [0.2, 0.25) is 0 Å². The summed E-state index contributed by atoms with van der Waals surface area (Å²) in [6.07, 6.45) is 1.14. The monoisotopic (exact) mass is 205 g/mol. The lowest BCUT2D eigenvalue weighted by atomic mass is 10.3. The third kappa shape index (κ3) is 3.85. The third-order valence-electron chi connectivity index (χ3n) is 1.85. The van der Waals surface area contributed by atoms with E-state index in [9.17, 15) is 4.79 Å². The number of hydrogen-bond donors (Lipinski definition) is 1. The number of hydrogen-bond acceptors (Lipinski definition) is 2. The molecular formula is C12H15NO2. The van der Waals surface area contributed by atoms with Crippen LogP contribution >= 0.6 is 0 Å². The second-order valence-corrected chi connectivity index (χ2v) is 3.11. The van der Waals surface area contributed by atoms with E-state index in [1.165, 1.54) is 0 Å². The van der Waals surface area contributed by atoms with Crippen LogP contribution in [0.4, 0.5) is 0 Å². The first kappa shape index (κ1) is 11.3. The summed E-state index contributed by atoms with van der Waals surface area (Å²) in [7, 11) is 0. The van der Waals surface area contributed by atoms with E-state index >= 15 is 0 Å². The number of amides is 1. The lowest BCUT2D eigenvalue weighted by Crippen LogP contribution is -2.36. The summed E-state index contributed by atoms with van der Waals surface area (Å²) in [6.45, 7) is 5.69. The van der Waals surface area contributed by atoms with E-state index in [1.807, 2.05) is 30.3 Å². The van der Waals surface area contributed by atoms with Gasteiger partial charge in [0.25, 0.3) is 5.91 Å². The first-order valence-electron chi connectivity index (χ1n) is 4.84. The van der Waals surface area contributed by atoms with Crippen molar-refractivity contribution >= 4 is 5.91 Å². The molecule has 0 saturated heterocycles. The molecule has 1 rings (SSSR count). The van der Waals surface area contributed by atoms with E-state index < -0.39 is 6.10 Å². The van der Waals surface area contributed by atoms with Crippen molar-refractivity contribution in [2.45, 2.75) is 13.0 Å².